The fourth-order valence-electron chi connectivity index (χ4n) is 5.00. The molecule has 0 saturated carbocycles. The number of nitrogens with zero attached hydrogens (tertiary/aromatic N) is 4. The molecule has 0 saturated heterocycles. The highest BCUT2D eigenvalue weighted by molar-refractivity contribution is 5.91. The third-order valence-corrected chi connectivity index (χ3v) is 7.09. The first-order chi connectivity index (χ1) is 21.0. The lowest BCUT2D eigenvalue weighted by molar-refractivity contribution is -0.118. The van der Waals surface area contributed by atoms with E-state index >= 15 is 0 Å². The Kier molecular flexibility index (Phi) is 7.65. The molecule has 212 valence electrons. The molecule has 0 radical (unpaired) electrons. The van der Waals surface area contributed by atoms with Gasteiger partial charge in [0.1, 0.15) is 5.75 Å². The molecule has 2 aromatic heterocycles. The Morgan fingerprint density at radius 3 is 2.30 bits per heavy atom. The zero-order chi connectivity index (χ0) is 29.8. The molecule has 8 nitrogen and oxygen atoms in total. The van der Waals surface area contributed by atoms with Gasteiger partial charge in [-0.25, -0.2) is 4.98 Å². The molecular formula is C35H29N5O3. The van der Waals surface area contributed by atoms with Gasteiger partial charge in [0.05, 0.1) is 17.1 Å². The molecule has 4 aromatic carbocycles. The van der Waals surface area contributed by atoms with E-state index in [1.165, 1.54) is 4.68 Å². The molecule has 1 N–H and O–H groups in total. The monoisotopic (exact) mass is 567 g/mol. The first-order valence-corrected chi connectivity index (χ1v) is 13.9. The molecule has 0 spiro atoms. The number of ether oxygens (including phenoxy) is 1. The average Bonchev–Trinajstić information content (AvgIpc) is 3.32. The van der Waals surface area contributed by atoms with Crippen LogP contribution >= 0.6 is 0 Å². The third kappa shape index (κ3) is 5.85. The standard InChI is InChI=1S/C35H29N5O3/c1-24-21-27(22-36-40-34(26-11-5-3-6-12-26)38-32-16-10-9-15-31(32)35(40)42)25(2)39(24)29-17-19-30(20-18-29)43-23-33(41)37-28-13-7-4-8-14-28/h3-22H,23H2,1-2H3,(H,37,41). The Hall–Kier alpha value is -5.76. The lowest BCUT2D eigenvalue weighted by Crippen LogP contribution is -2.20. The summed E-state index contributed by atoms with van der Waals surface area (Å²) in [6.45, 7) is 3.93. The summed E-state index contributed by atoms with van der Waals surface area (Å²) >= 11 is 0. The van der Waals surface area contributed by atoms with Crippen LogP contribution in [0.4, 0.5) is 5.69 Å². The van der Waals surface area contributed by atoms with Crippen LogP contribution in [0, 0.1) is 13.8 Å². The average molecular weight is 568 g/mol. The van der Waals surface area contributed by atoms with Gasteiger partial charge in [-0.2, -0.15) is 9.78 Å². The number of aryl methyl sites for hydroxylation is 1. The van der Waals surface area contributed by atoms with E-state index in [0.29, 0.717) is 22.5 Å². The van der Waals surface area contributed by atoms with E-state index in [1.54, 1.807) is 12.3 Å². The van der Waals surface area contributed by atoms with Gasteiger partial charge in [-0.15, -0.1) is 0 Å². The molecule has 6 aromatic rings. The van der Waals surface area contributed by atoms with Crippen LogP contribution in [-0.2, 0) is 4.79 Å². The molecule has 2 heterocycles. The highest BCUT2D eigenvalue weighted by atomic mass is 16.5. The quantitative estimate of drug-likeness (QED) is 0.216. The van der Waals surface area contributed by atoms with Crippen molar-refractivity contribution in [2.75, 3.05) is 11.9 Å². The number of hydrogen-bond donors (Lipinski definition) is 1. The molecule has 6 rings (SSSR count). The highest BCUT2D eigenvalue weighted by Gasteiger charge is 2.14. The smallest absolute Gasteiger partial charge is 0.282 e. The summed E-state index contributed by atoms with van der Waals surface area (Å²) in [5.41, 5.74) is 5.68. The minimum absolute atomic E-state index is 0.0929. The van der Waals surface area contributed by atoms with Gasteiger partial charge in [0, 0.05) is 33.9 Å². The van der Waals surface area contributed by atoms with Crippen LogP contribution in [0.5, 0.6) is 5.75 Å². The molecule has 0 aliphatic carbocycles. The van der Waals surface area contributed by atoms with Crippen molar-refractivity contribution in [3.63, 3.8) is 0 Å². The number of aromatic nitrogens is 3. The predicted octanol–water partition coefficient (Wildman–Crippen LogP) is 6.37. The lowest BCUT2D eigenvalue weighted by atomic mass is 10.2. The molecule has 0 aliphatic heterocycles. The molecule has 0 fully saturated rings. The van der Waals surface area contributed by atoms with E-state index < -0.39 is 0 Å². The maximum Gasteiger partial charge on any atom is 0.282 e. The number of anilines is 1. The minimum atomic E-state index is -0.234. The summed E-state index contributed by atoms with van der Waals surface area (Å²) < 4.78 is 9.16. The van der Waals surface area contributed by atoms with Crippen LogP contribution in [0.3, 0.4) is 0 Å². The topological polar surface area (TPSA) is 90.5 Å². The van der Waals surface area contributed by atoms with Gasteiger partial charge >= 0.3 is 0 Å². The Labute approximate surface area is 248 Å². The number of para-hydroxylation sites is 2. The second-order valence-electron chi connectivity index (χ2n) is 10.0. The van der Waals surface area contributed by atoms with Crippen molar-refractivity contribution in [2.45, 2.75) is 13.8 Å². The van der Waals surface area contributed by atoms with Gasteiger partial charge in [0.15, 0.2) is 12.4 Å². The molecular weight excluding hydrogens is 538 g/mol. The Balaban J connectivity index is 1.24. The molecule has 0 unspecified atom stereocenters. The summed E-state index contributed by atoms with van der Waals surface area (Å²) in [5, 5.41) is 7.96. The number of benzene rings is 4. The van der Waals surface area contributed by atoms with Crippen molar-refractivity contribution in [3.05, 3.63) is 143 Å². The summed E-state index contributed by atoms with van der Waals surface area (Å²) in [6.07, 6.45) is 1.70. The van der Waals surface area contributed by atoms with Crippen molar-refractivity contribution < 1.29 is 9.53 Å². The van der Waals surface area contributed by atoms with Crippen molar-refractivity contribution in [3.8, 4) is 22.8 Å². The van der Waals surface area contributed by atoms with Gasteiger partial charge in [-0.05, 0) is 68.4 Å². The SMILES string of the molecule is Cc1cc(C=Nn2c(-c3ccccc3)nc3ccccc3c2=O)c(C)n1-c1ccc(OCC(=O)Nc2ccccc2)cc1. The summed E-state index contributed by atoms with van der Waals surface area (Å²) in [6, 6.07) is 35.7. The van der Waals surface area contributed by atoms with Crippen LogP contribution in [0.2, 0.25) is 0 Å². The van der Waals surface area contributed by atoms with Crippen molar-refractivity contribution in [1.82, 2.24) is 14.2 Å². The van der Waals surface area contributed by atoms with Crippen molar-refractivity contribution in [2.24, 2.45) is 5.10 Å². The van der Waals surface area contributed by atoms with E-state index in [-0.39, 0.29) is 18.1 Å². The van der Waals surface area contributed by atoms with E-state index in [4.69, 9.17) is 9.72 Å². The molecule has 0 atom stereocenters. The number of rotatable bonds is 8. The van der Waals surface area contributed by atoms with E-state index in [9.17, 15) is 9.59 Å². The van der Waals surface area contributed by atoms with E-state index in [0.717, 1.165) is 33.9 Å². The number of carbonyl (C=O) groups is 1. The largest absolute Gasteiger partial charge is 0.484 e. The molecule has 0 bridgehead atoms. The normalized spacial score (nSPS) is 11.2. The minimum Gasteiger partial charge on any atom is -0.484 e. The molecule has 8 heteroatoms. The first-order valence-electron chi connectivity index (χ1n) is 13.9. The fourth-order valence-corrected chi connectivity index (χ4v) is 5.00. The summed E-state index contributed by atoms with van der Waals surface area (Å²) in [4.78, 5) is 30.5. The number of fused-ring (bicyclic) bond motifs is 1. The zero-order valence-corrected chi connectivity index (χ0v) is 23.8. The molecule has 0 aliphatic rings. The lowest BCUT2D eigenvalue weighted by Gasteiger charge is -2.12. The zero-order valence-electron chi connectivity index (χ0n) is 23.8. The summed E-state index contributed by atoms with van der Waals surface area (Å²) in [7, 11) is 0. The third-order valence-electron chi connectivity index (χ3n) is 7.09. The fraction of sp³-hybridized carbons (Fsp3) is 0.0857. The Bertz CT molecular complexity index is 1990. The van der Waals surface area contributed by atoms with Crippen LogP contribution in [0.15, 0.2) is 125 Å². The number of nitrogens with one attached hydrogen (secondary N) is 1. The van der Waals surface area contributed by atoms with Crippen LogP contribution in [0.1, 0.15) is 17.0 Å². The van der Waals surface area contributed by atoms with Crippen LogP contribution in [0.25, 0.3) is 28.0 Å². The highest BCUT2D eigenvalue weighted by Crippen LogP contribution is 2.23. The Morgan fingerprint density at radius 1 is 0.884 bits per heavy atom. The van der Waals surface area contributed by atoms with Crippen molar-refractivity contribution in [1.29, 1.82) is 0 Å². The first kappa shape index (κ1) is 27.4. The van der Waals surface area contributed by atoms with E-state index in [1.807, 2.05) is 123 Å². The van der Waals surface area contributed by atoms with Gasteiger partial charge in [0.25, 0.3) is 11.5 Å². The van der Waals surface area contributed by atoms with Crippen molar-refractivity contribution >= 4 is 28.7 Å². The van der Waals surface area contributed by atoms with Crippen LogP contribution < -0.4 is 15.6 Å². The second-order valence-corrected chi connectivity index (χ2v) is 10.0. The predicted molar refractivity (Wildman–Crippen MR) is 170 cm³/mol. The number of carbonyl (C=O) groups excluding carboxylic acids is 1. The maximum atomic E-state index is 13.5. The van der Waals surface area contributed by atoms with Gasteiger partial charge in [-0.3, -0.25) is 9.59 Å². The summed E-state index contributed by atoms with van der Waals surface area (Å²) in [5.74, 6) is 0.836. The van der Waals surface area contributed by atoms with E-state index in [2.05, 4.69) is 15.0 Å². The number of amides is 1. The second kappa shape index (κ2) is 12.0. The number of hydrogen-bond acceptors (Lipinski definition) is 5. The van der Waals surface area contributed by atoms with Crippen LogP contribution in [-0.4, -0.2) is 33.0 Å². The maximum absolute atomic E-state index is 13.5. The van der Waals surface area contributed by atoms with Gasteiger partial charge < -0.3 is 14.6 Å². The van der Waals surface area contributed by atoms with Gasteiger partial charge in [-0.1, -0.05) is 60.7 Å². The Morgan fingerprint density at radius 2 is 1.56 bits per heavy atom. The van der Waals surface area contributed by atoms with Gasteiger partial charge in [0.2, 0.25) is 0 Å². The molecule has 43 heavy (non-hydrogen) atoms. The molecule has 1 amide bonds.